The second kappa shape index (κ2) is 10.0. The highest BCUT2D eigenvalue weighted by molar-refractivity contribution is 5.00. The van der Waals surface area contributed by atoms with Gasteiger partial charge in [-0.25, -0.2) is 0 Å². The summed E-state index contributed by atoms with van der Waals surface area (Å²) in [5, 5.41) is 9.51. The lowest BCUT2D eigenvalue weighted by molar-refractivity contribution is 0.169. The fourth-order valence-corrected chi connectivity index (χ4v) is 1.63. The topological polar surface area (TPSA) is 20.2 Å². The van der Waals surface area contributed by atoms with E-state index in [1.165, 1.54) is 37.7 Å². The highest BCUT2D eigenvalue weighted by atomic mass is 16.3. The van der Waals surface area contributed by atoms with Crippen LogP contribution >= 0.6 is 0 Å². The van der Waals surface area contributed by atoms with Crippen LogP contribution in [0.2, 0.25) is 0 Å². The molecule has 15 heavy (non-hydrogen) atoms. The molecular formula is C14H26O. The summed E-state index contributed by atoms with van der Waals surface area (Å²) in [6.07, 6.45) is 8.90. The second-order valence-corrected chi connectivity index (χ2v) is 4.21. The van der Waals surface area contributed by atoms with Gasteiger partial charge < -0.3 is 5.11 Å². The number of unbranched alkanes of at least 4 members (excludes halogenated alkanes) is 4. The Bertz CT molecular complexity index is 190. The molecule has 0 bridgehead atoms. The number of hydrogen-bond acceptors (Lipinski definition) is 1. The quantitative estimate of drug-likeness (QED) is 0.446. The minimum Gasteiger partial charge on any atom is -0.393 e. The predicted molar refractivity (Wildman–Crippen MR) is 66.9 cm³/mol. The first-order valence-corrected chi connectivity index (χ1v) is 6.30. The van der Waals surface area contributed by atoms with Crippen molar-refractivity contribution in [3.05, 3.63) is 17.9 Å². The maximum Gasteiger partial charge on any atom is 0.0580 e. The van der Waals surface area contributed by atoms with Crippen molar-refractivity contribution in [2.45, 2.75) is 71.3 Å². The van der Waals surface area contributed by atoms with Crippen molar-refractivity contribution in [1.29, 1.82) is 0 Å². The molecule has 0 aliphatic carbocycles. The van der Waals surface area contributed by atoms with Gasteiger partial charge in [0, 0.05) is 6.42 Å². The lowest BCUT2D eigenvalue weighted by Crippen LogP contribution is -2.05. The molecule has 0 fully saturated rings. The summed E-state index contributed by atoms with van der Waals surface area (Å²) in [6.45, 7) is 7.93. The van der Waals surface area contributed by atoms with E-state index in [9.17, 15) is 5.11 Å². The van der Waals surface area contributed by atoms with Gasteiger partial charge in [0.15, 0.2) is 0 Å². The van der Waals surface area contributed by atoms with Crippen LogP contribution in [0, 0.1) is 0 Å². The van der Waals surface area contributed by atoms with Gasteiger partial charge in [0.1, 0.15) is 0 Å². The molecule has 1 heteroatoms. The van der Waals surface area contributed by atoms with E-state index in [4.69, 9.17) is 0 Å². The molecular weight excluding hydrogens is 184 g/mol. The highest BCUT2D eigenvalue weighted by Crippen LogP contribution is 2.15. The molecule has 0 rings (SSSR count). The second-order valence-electron chi connectivity index (χ2n) is 4.21. The lowest BCUT2D eigenvalue weighted by atomic mass is 10.0. The van der Waals surface area contributed by atoms with Crippen LogP contribution in [0.5, 0.6) is 0 Å². The van der Waals surface area contributed by atoms with Gasteiger partial charge in [0.2, 0.25) is 0 Å². The summed E-state index contributed by atoms with van der Waals surface area (Å²) in [5.41, 5.74) is 4.16. The molecule has 0 saturated carbocycles. The van der Waals surface area contributed by atoms with Crippen molar-refractivity contribution in [1.82, 2.24) is 0 Å². The van der Waals surface area contributed by atoms with Gasteiger partial charge in [-0.15, -0.1) is 5.73 Å². The van der Waals surface area contributed by atoms with Gasteiger partial charge in [-0.1, -0.05) is 46.1 Å². The molecule has 0 aromatic carbocycles. The van der Waals surface area contributed by atoms with Gasteiger partial charge >= 0.3 is 0 Å². The Labute approximate surface area is 94.9 Å². The van der Waals surface area contributed by atoms with E-state index in [1.54, 1.807) is 0 Å². The average Bonchev–Trinajstić information content (AvgIpc) is 2.26. The minimum atomic E-state index is -0.204. The molecule has 0 amide bonds. The van der Waals surface area contributed by atoms with Gasteiger partial charge in [-0.05, 0) is 24.8 Å². The van der Waals surface area contributed by atoms with E-state index in [2.05, 4.69) is 19.2 Å². The van der Waals surface area contributed by atoms with Crippen LogP contribution in [0.25, 0.3) is 0 Å². The fraction of sp³-hybridized carbons (Fsp3) is 0.786. The molecule has 1 nitrogen and oxygen atoms in total. The summed E-state index contributed by atoms with van der Waals surface area (Å²) in [5.74, 6) is 0. The van der Waals surface area contributed by atoms with Crippen molar-refractivity contribution < 1.29 is 5.11 Å². The van der Waals surface area contributed by atoms with E-state index in [-0.39, 0.29) is 6.10 Å². The Hall–Kier alpha value is -0.520. The van der Waals surface area contributed by atoms with E-state index in [1.807, 2.05) is 6.92 Å². The lowest BCUT2D eigenvalue weighted by Gasteiger charge is -2.09. The zero-order chi connectivity index (χ0) is 11.5. The van der Waals surface area contributed by atoms with Crippen LogP contribution in [0.3, 0.4) is 0 Å². The molecule has 0 aromatic rings. The standard InChI is InChI=1S/C14H26O/c1-4-7-8-9-10-11-13(5-2)12-14(15)6-3/h14-15H,2,4,6-12H2,1,3H3/t14-/m1/s1. The van der Waals surface area contributed by atoms with Crippen LogP contribution in [0.15, 0.2) is 17.9 Å². The molecule has 88 valence electrons. The zero-order valence-corrected chi connectivity index (χ0v) is 10.4. The number of aliphatic hydroxyl groups excluding tert-OH is 1. The van der Waals surface area contributed by atoms with Crippen molar-refractivity contribution in [2.75, 3.05) is 0 Å². The third-order valence-corrected chi connectivity index (χ3v) is 2.79. The number of aliphatic hydroxyl groups is 1. The predicted octanol–water partition coefficient (Wildman–Crippen LogP) is 4.22. The van der Waals surface area contributed by atoms with E-state index < -0.39 is 0 Å². The Balaban J connectivity index is 3.59. The summed E-state index contributed by atoms with van der Waals surface area (Å²) in [6, 6.07) is 0. The third kappa shape index (κ3) is 8.47. The Morgan fingerprint density at radius 2 is 1.87 bits per heavy atom. The summed E-state index contributed by atoms with van der Waals surface area (Å²) < 4.78 is 0. The summed E-state index contributed by atoms with van der Waals surface area (Å²) in [7, 11) is 0. The molecule has 0 aliphatic heterocycles. The van der Waals surface area contributed by atoms with Gasteiger partial charge in [0.25, 0.3) is 0 Å². The van der Waals surface area contributed by atoms with Crippen LogP contribution in [0.1, 0.15) is 65.2 Å². The van der Waals surface area contributed by atoms with Crippen LogP contribution in [-0.4, -0.2) is 11.2 Å². The maximum absolute atomic E-state index is 9.51. The van der Waals surface area contributed by atoms with E-state index in [0.717, 1.165) is 19.3 Å². The van der Waals surface area contributed by atoms with Crippen LogP contribution in [-0.2, 0) is 0 Å². The first-order valence-electron chi connectivity index (χ1n) is 6.30. The SMILES string of the molecule is C=C=C(CCCCCCC)C[C@H](O)CC. The molecule has 0 unspecified atom stereocenters. The van der Waals surface area contributed by atoms with Crippen LogP contribution in [0.4, 0.5) is 0 Å². The largest absolute Gasteiger partial charge is 0.393 e. The van der Waals surface area contributed by atoms with Crippen molar-refractivity contribution in [2.24, 2.45) is 0 Å². The molecule has 0 spiro atoms. The van der Waals surface area contributed by atoms with Crippen molar-refractivity contribution in [3.8, 4) is 0 Å². The monoisotopic (exact) mass is 210 g/mol. The molecule has 1 atom stereocenters. The maximum atomic E-state index is 9.51. The van der Waals surface area contributed by atoms with Gasteiger partial charge in [-0.2, -0.15) is 0 Å². The summed E-state index contributed by atoms with van der Waals surface area (Å²) >= 11 is 0. The average molecular weight is 210 g/mol. The van der Waals surface area contributed by atoms with Gasteiger partial charge in [0.05, 0.1) is 6.10 Å². The Kier molecular flexibility index (Phi) is 9.67. The van der Waals surface area contributed by atoms with Crippen molar-refractivity contribution in [3.63, 3.8) is 0 Å². The van der Waals surface area contributed by atoms with Crippen molar-refractivity contribution >= 4 is 0 Å². The zero-order valence-electron chi connectivity index (χ0n) is 10.4. The third-order valence-electron chi connectivity index (χ3n) is 2.79. The summed E-state index contributed by atoms with van der Waals surface area (Å²) in [4.78, 5) is 0. The van der Waals surface area contributed by atoms with Gasteiger partial charge in [-0.3, -0.25) is 0 Å². The number of hydrogen-bond donors (Lipinski definition) is 1. The first kappa shape index (κ1) is 14.5. The van der Waals surface area contributed by atoms with E-state index in [0.29, 0.717) is 0 Å². The van der Waals surface area contributed by atoms with Crippen LogP contribution < -0.4 is 0 Å². The smallest absolute Gasteiger partial charge is 0.0580 e. The Morgan fingerprint density at radius 1 is 1.20 bits per heavy atom. The first-order chi connectivity index (χ1) is 7.24. The number of rotatable bonds is 9. The molecule has 0 radical (unpaired) electrons. The minimum absolute atomic E-state index is 0.204. The van der Waals surface area contributed by atoms with E-state index >= 15 is 0 Å². The Morgan fingerprint density at radius 3 is 2.40 bits per heavy atom. The molecule has 1 N–H and O–H groups in total. The normalized spacial score (nSPS) is 12.2. The molecule has 0 saturated heterocycles. The highest BCUT2D eigenvalue weighted by Gasteiger charge is 2.04. The fourth-order valence-electron chi connectivity index (χ4n) is 1.63. The molecule has 0 aromatic heterocycles. The molecule has 0 heterocycles. The molecule has 0 aliphatic rings.